The third-order valence-corrected chi connectivity index (χ3v) is 3.30. The lowest BCUT2D eigenvalue weighted by molar-refractivity contribution is 0.0536. The summed E-state index contributed by atoms with van der Waals surface area (Å²) in [4.78, 5) is 11.2. The summed E-state index contributed by atoms with van der Waals surface area (Å²) in [6, 6.07) is 2.71. The first-order chi connectivity index (χ1) is 6.75. The summed E-state index contributed by atoms with van der Waals surface area (Å²) in [6.45, 7) is 0. The lowest BCUT2D eigenvalue weighted by Crippen LogP contribution is -2.22. The highest BCUT2D eigenvalue weighted by Crippen LogP contribution is 2.36. The average Bonchev–Trinajstić information content (AvgIpc) is 2.10. The smallest absolute Gasteiger partial charge is 0.286 e. The van der Waals surface area contributed by atoms with Crippen molar-refractivity contribution in [2.24, 2.45) is 0 Å². The van der Waals surface area contributed by atoms with E-state index in [9.17, 15) is 13.6 Å². The minimum Gasteiger partial charge on any atom is -0.286 e. The van der Waals surface area contributed by atoms with Crippen molar-refractivity contribution in [2.45, 2.75) is 5.38 Å². The van der Waals surface area contributed by atoms with Crippen LogP contribution in [0.15, 0.2) is 16.6 Å². The van der Waals surface area contributed by atoms with Gasteiger partial charge in [-0.2, -0.15) is 8.78 Å². The van der Waals surface area contributed by atoms with E-state index < -0.39 is 16.7 Å². The van der Waals surface area contributed by atoms with Crippen LogP contribution in [0.1, 0.15) is 10.4 Å². The summed E-state index contributed by atoms with van der Waals surface area (Å²) in [7, 11) is 0. The van der Waals surface area contributed by atoms with E-state index in [0.29, 0.717) is 0 Å². The quantitative estimate of drug-likeness (QED) is 0.431. The highest BCUT2D eigenvalue weighted by Gasteiger charge is 2.39. The standard InChI is InChI=1S/C8H2BrCl3F2O/c9-3-1-2-4(10)5(6(3)11)7(15)8(12,13)14/h1-2H. The van der Waals surface area contributed by atoms with E-state index in [4.69, 9.17) is 23.2 Å². The number of carbonyl (C=O) groups is 1. The first kappa shape index (κ1) is 13.2. The Balaban J connectivity index is 3.38. The summed E-state index contributed by atoms with van der Waals surface area (Å²) in [5.41, 5.74) is -0.493. The van der Waals surface area contributed by atoms with E-state index in [1.165, 1.54) is 12.1 Å². The molecular formula is C8H2BrCl3F2O. The Bertz CT molecular complexity index is 417. The molecule has 1 aromatic rings. The van der Waals surface area contributed by atoms with Crippen molar-refractivity contribution in [1.82, 2.24) is 0 Å². The Morgan fingerprint density at radius 3 is 2.33 bits per heavy atom. The lowest BCUT2D eigenvalue weighted by atomic mass is 10.1. The molecule has 82 valence electrons. The Hall–Kier alpha value is 0.1000. The fraction of sp³-hybridized carbons (Fsp3) is 0.125. The molecule has 0 N–H and O–H groups in total. The van der Waals surface area contributed by atoms with Gasteiger partial charge in [-0.1, -0.05) is 23.2 Å². The van der Waals surface area contributed by atoms with E-state index in [1.807, 2.05) is 0 Å². The number of rotatable bonds is 2. The van der Waals surface area contributed by atoms with Crippen LogP contribution < -0.4 is 0 Å². The number of alkyl halides is 3. The fourth-order valence-corrected chi connectivity index (χ4v) is 1.84. The third kappa shape index (κ3) is 2.81. The van der Waals surface area contributed by atoms with E-state index in [-0.39, 0.29) is 14.5 Å². The summed E-state index contributed by atoms with van der Waals surface area (Å²) in [5, 5.41) is -4.38. The first-order valence-electron chi connectivity index (χ1n) is 3.50. The molecular weight excluding hydrogens is 336 g/mol. The van der Waals surface area contributed by atoms with Crippen LogP contribution in [-0.4, -0.2) is 11.2 Å². The molecule has 0 saturated carbocycles. The summed E-state index contributed by atoms with van der Waals surface area (Å²) in [5.74, 6) is -1.62. The summed E-state index contributed by atoms with van der Waals surface area (Å²) < 4.78 is 25.4. The largest absolute Gasteiger partial charge is 0.385 e. The molecule has 0 bridgehead atoms. The van der Waals surface area contributed by atoms with Gasteiger partial charge in [0, 0.05) is 4.47 Å². The van der Waals surface area contributed by atoms with Crippen LogP contribution in [0.5, 0.6) is 0 Å². The van der Waals surface area contributed by atoms with E-state index in [1.54, 1.807) is 0 Å². The molecule has 0 aliphatic heterocycles. The van der Waals surface area contributed by atoms with Gasteiger partial charge in [-0.15, -0.1) is 0 Å². The van der Waals surface area contributed by atoms with Crippen molar-refractivity contribution in [3.8, 4) is 0 Å². The monoisotopic (exact) mass is 336 g/mol. The number of hydrogen-bond donors (Lipinski definition) is 0. The SMILES string of the molecule is O=C(c1c(Cl)ccc(Br)c1Cl)C(F)(F)Cl. The minimum atomic E-state index is -4.02. The molecule has 0 amide bonds. The molecule has 0 heterocycles. The van der Waals surface area contributed by atoms with Crippen LogP contribution in [0.3, 0.4) is 0 Å². The Morgan fingerprint density at radius 2 is 1.87 bits per heavy atom. The second kappa shape index (κ2) is 4.53. The van der Waals surface area contributed by atoms with Crippen molar-refractivity contribution < 1.29 is 13.6 Å². The molecule has 0 spiro atoms. The molecule has 0 aliphatic carbocycles. The van der Waals surface area contributed by atoms with Gasteiger partial charge in [-0.25, -0.2) is 0 Å². The van der Waals surface area contributed by atoms with Crippen LogP contribution in [0.2, 0.25) is 10.0 Å². The molecule has 1 nitrogen and oxygen atoms in total. The number of benzene rings is 1. The highest BCUT2D eigenvalue weighted by molar-refractivity contribution is 9.10. The molecule has 15 heavy (non-hydrogen) atoms. The van der Waals surface area contributed by atoms with Crippen molar-refractivity contribution in [2.75, 3.05) is 0 Å². The van der Waals surface area contributed by atoms with Crippen molar-refractivity contribution in [3.05, 3.63) is 32.2 Å². The van der Waals surface area contributed by atoms with Crippen LogP contribution in [-0.2, 0) is 0 Å². The van der Waals surface area contributed by atoms with Crippen molar-refractivity contribution in [3.63, 3.8) is 0 Å². The third-order valence-electron chi connectivity index (χ3n) is 1.53. The van der Waals surface area contributed by atoms with E-state index in [2.05, 4.69) is 27.5 Å². The zero-order chi connectivity index (χ0) is 11.8. The van der Waals surface area contributed by atoms with Gasteiger partial charge in [-0.05, 0) is 39.7 Å². The van der Waals surface area contributed by atoms with Gasteiger partial charge in [0.15, 0.2) is 0 Å². The van der Waals surface area contributed by atoms with Gasteiger partial charge in [0.25, 0.3) is 5.78 Å². The Kier molecular flexibility index (Phi) is 3.98. The number of Topliss-reactive ketones (excluding diaryl/α,β-unsaturated/α-hetero) is 1. The van der Waals surface area contributed by atoms with Gasteiger partial charge in [-0.3, -0.25) is 4.79 Å². The van der Waals surface area contributed by atoms with Crippen molar-refractivity contribution >= 4 is 56.5 Å². The van der Waals surface area contributed by atoms with Gasteiger partial charge < -0.3 is 0 Å². The molecule has 7 heteroatoms. The molecule has 1 rings (SSSR count). The zero-order valence-corrected chi connectivity index (χ0v) is 10.7. The second-order valence-corrected chi connectivity index (χ2v) is 4.66. The number of hydrogen-bond acceptors (Lipinski definition) is 1. The second-order valence-electron chi connectivity index (χ2n) is 2.55. The summed E-state index contributed by atoms with van der Waals surface area (Å²) in [6.07, 6.45) is 0. The maximum absolute atomic E-state index is 12.6. The molecule has 0 saturated heterocycles. The summed E-state index contributed by atoms with van der Waals surface area (Å²) >= 11 is 18.8. The minimum absolute atomic E-state index is 0.173. The van der Waals surface area contributed by atoms with Crippen molar-refractivity contribution in [1.29, 1.82) is 0 Å². The Labute approximate surface area is 107 Å². The molecule has 0 atom stereocenters. The maximum Gasteiger partial charge on any atom is 0.385 e. The van der Waals surface area contributed by atoms with Gasteiger partial charge in [0.2, 0.25) is 0 Å². The van der Waals surface area contributed by atoms with Crippen LogP contribution >= 0.6 is 50.7 Å². The Morgan fingerprint density at radius 1 is 1.33 bits per heavy atom. The first-order valence-corrected chi connectivity index (χ1v) is 5.43. The predicted octanol–water partition coefficient (Wildman–Crippen LogP) is 4.77. The number of carbonyl (C=O) groups excluding carboxylic acids is 1. The van der Waals surface area contributed by atoms with E-state index >= 15 is 0 Å². The normalized spacial score (nSPS) is 11.6. The molecule has 1 aromatic carbocycles. The average molecular weight is 338 g/mol. The topological polar surface area (TPSA) is 17.1 Å². The molecule has 0 aromatic heterocycles. The number of halogens is 6. The van der Waals surface area contributed by atoms with Gasteiger partial charge in [0.05, 0.1) is 15.6 Å². The van der Waals surface area contributed by atoms with Crippen LogP contribution in [0.4, 0.5) is 8.78 Å². The number of ketones is 1. The predicted molar refractivity (Wildman–Crippen MR) is 59.3 cm³/mol. The highest BCUT2D eigenvalue weighted by atomic mass is 79.9. The molecule has 0 radical (unpaired) electrons. The van der Waals surface area contributed by atoms with Crippen LogP contribution in [0, 0.1) is 0 Å². The van der Waals surface area contributed by atoms with Gasteiger partial charge in [0.1, 0.15) is 0 Å². The molecule has 0 aliphatic rings. The van der Waals surface area contributed by atoms with E-state index in [0.717, 1.165) is 0 Å². The lowest BCUT2D eigenvalue weighted by Gasteiger charge is -2.10. The zero-order valence-electron chi connectivity index (χ0n) is 6.83. The van der Waals surface area contributed by atoms with Gasteiger partial charge >= 0.3 is 5.38 Å². The fourth-order valence-electron chi connectivity index (χ4n) is 0.877. The van der Waals surface area contributed by atoms with Crippen LogP contribution in [0.25, 0.3) is 0 Å². The molecule has 0 fully saturated rings. The maximum atomic E-state index is 12.6. The molecule has 0 unspecified atom stereocenters.